The molecule has 17 heavy (non-hydrogen) atoms. The van der Waals surface area contributed by atoms with Crippen molar-refractivity contribution in [3.05, 3.63) is 51.6 Å². The standard InChI is InChI=1S/C12H10BrClN2O/c13-9-2-1-5-16-12(9)17-11-4-3-8(7-15)6-10(11)14/h1-6H,7,15H2. The summed E-state index contributed by atoms with van der Waals surface area (Å²) in [5, 5.41) is 0.519. The van der Waals surface area contributed by atoms with Crippen LogP contribution in [0.2, 0.25) is 5.02 Å². The van der Waals surface area contributed by atoms with Crippen LogP contribution in [0.3, 0.4) is 0 Å². The first-order valence-corrected chi connectivity index (χ1v) is 6.14. The van der Waals surface area contributed by atoms with Crippen LogP contribution in [0.25, 0.3) is 0 Å². The third-order valence-corrected chi connectivity index (χ3v) is 3.06. The predicted octanol–water partition coefficient (Wildman–Crippen LogP) is 3.75. The van der Waals surface area contributed by atoms with Crippen molar-refractivity contribution in [2.24, 2.45) is 5.73 Å². The van der Waals surface area contributed by atoms with Gasteiger partial charge in [0.2, 0.25) is 5.88 Å². The molecule has 2 N–H and O–H groups in total. The van der Waals surface area contributed by atoms with Crippen molar-refractivity contribution in [1.29, 1.82) is 0 Å². The summed E-state index contributed by atoms with van der Waals surface area (Å²) in [4.78, 5) is 4.10. The lowest BCUT2D eigenvalue weighted by molar-refractivity contribution is 0.459. The maximum atomic E-state index is 6.09. The van der Waals surface area contributed by atoms with Gasteiger partial charge >= 0.3 is 0 Å². The zero-order valence-electron chi connectivity index (χ0n) is 8.86. The van der Waals surface area contributed by atoms with E-state index in [1.165, 1.54) is 0 Å². The molecule has 5 heteroatoms. The molecule has 0 radical (unpaired) electrons. The normalized spacial score (nSPS) is 10.3. The minimum absolute atomic E-state index is 0.452. The smallest absolute Gasteiger partial charge is 0.233 e. The Morgan fingerprint density at radius 1 is 1.35 bits per heavy atom. The quantitative estimate of drug-likeness (QED) is 0.939. The molecule has 1 aromatic heterocycles. The summed E-state index contributed by atoms with van der Waals surface area (Å²) in [5.74, 6) is 1.04. The lowest BCUT2D eigenvalue weighted by Crippen LogP contribution is -1.96. The summed E-state index contributed by atoms with van der Waals surface area (Å²) in [7, 11) is 0. The van der Waals surface area contributed by atoms with Crippen LogP contribution in [0.15, 0.2) is 41.0 Å². The maximum absolute atomic E-state index is 6.09. The van der Waals surface area contributed by atoms with Gasteiger partial charge in [-0.1, -0.05) is 17.7 Å². The summed E-state index contributed by atoms with van der Waals surface area (Å²) >= 11 is 9.44. The Kier molecular flexibility index (Phi) is 3.99. The lowest BCUT2D eigenvalue weighted by atomic mass is 10.2. The van der Waals surface area contributed by atoms with Gasteiger partial charge in [0.15, 0.2) is 0 Å². The minimum atomic E-state index is 0.452. The Labute approximate surface area is 113 Å². The third kappa shape index (κ3) is 2.97. The SMILES string of the molecule is NCc1ccc(Oc2ncccc2Br)c(Cl)c1. The second kappa shape index (κ2) is 5.49. The summed E-state index contributed by atoms with van der Waals surface area (Å²) in [6.45, 7) is 0.452. The van der Waals surface area contributed by atoms with Gasteiger partial charge in [-0.15, -0.1) is 0 Å². The summed E-state index contributed by atoms with van der Waals surface area (Å²) in [6.07, 6.45) is 1.66. The van der Waals surface area contributed by atoms with E-state index in [0.29, 0.717) is 23.2 Å². The number of hydrogen-bond donors (Lipinski definition) is 1. The van der Waals surface area contributed by atoms with E-state index in [1.807, 2.05) is 18.2 Å². The minimum Gasteiger partial charge on any atom is -0.436 e. The number of nitrogens with two attached hydrogens (primary N) is 1. The average molecular weight is 314 g/mol. The first kappa shape index (κ1) is 12.4. The molecule has 0 fully saturated rings. The van der Waals surface area contributed by atoms with E-state index in [-0.39, 0.29) is 0 Å². The lowest BCUT2D eigenvalue weighted by Gasteiger charge is -2.08. The Morgan fingerprint density at radius 3 is 2.82 bits per heavy atom. The van der Waals surface area contributed by atoms with Gasteiger partial charge in [0.25, 0.3) is 0 Å². The molecule has 1 heterocycles. The number of hydrogen-bond acceptors (Lipinski definition) is 3. The zero-order chi connectivity index (χ0) is 12.3. The van der Waals surface area contributed by atoms with E-state index in [1.54, 1.807) is 18.3 Å². The van der Waals surface area contributed by atoms with Crippen molar-refractivity contribution in [1.82, 2.24) is 4.98 Å². The van der Waals surface area contributed by atoms with Gasteiger partial charge in [0.05, 0.1) is 9.50 Å². The number of ether oxygens (including phenoxy) is 1. The third-order valence-electron chi connectivity index (χ3n) is 2.16. The van der Waals surface area contributed by atoms with Crippen LogP contribution in [0.4, 0.5) is 0 Å². The number of nitrogens with zero attached hydrogens (tertiary/aromatic N) is 1. The molecular weight excluding hydrogens is 304 g/mol. The zero-order valence-corrected chi connectivity index (χ0v) is 11.2. The molecule has 1 aromatic carbocycles. The van der Waals surface area contributed by atoms with E-state index >= 15 is 0 Å². The highest BCUT2D eigenvalue weighted by atomic mass is 79.9. The molecule has 0 amide bonds. The molecule has 0 aliphatic heterocycles. The molecule has 0 unspecified atom stereocenters. The van der Waals surface area contributed by atoms with E-state index in [9.17, 15) is 0 Å². The summed E-state index contributed by atoms with van der Waals surface area (Å²) in [6, 6.07) is 9.11. The van der Waals surface area contributed by atoms with Crippen LogP contribution in [0, 0.1) is 0 Å². The van der Waals surface area contributed by atoms with Crippen LogP contribution >= 0.6 is 27.5 Å². The number of halogens is 2. The van der Waals surface area contributed by atoms with E-state index in [2.05, 4.69) is 20.9 Å². The molecule has 3 nitrogen and oxygen atoms in total. The summed E-state index contributed by atoms with van der Waals surface area (Å²) in [5.41, 5.74) is 6.49. The van der Waals surface area contributed by atoms with Crippen LogP contribution in [0.1, 0.15) is 5.56 Å². The second-order valence-electron chi connectivity index (χ2n) is 3.36. The first-order chi connectivity index (χ1) is 8.20. The van der Waals surface area contributed by atoms with Gasteiger partial charge in [0.1, 0.15) is 5.75 Å². The Balaban J connectivity index is 2.28. The number of rotatable bonds is 3. The molecule has 0 aliphatic rings. The van der Waals surface area contributed by atoms with E-state index in [4.69, 9.17) is 22.1 Å². The van der Waals surface area contributed by atoms with Gasteiger partial charge in [-0.2, -0.15) is 0 Å². The molecule has 0 saturated heterocycles. The van der Waals surface area contributed by atoms with Crippen molar-refractivity contribution in [3.8, 4) is 11.6 Å². The van der Waals surface area contributed by atoms with Crippen molar-refractivity contribution in [2.75, 3.05) is 0 Å². The highest BCUT2D eigenvalue weighted by Crippen LogP contribution is 2.32. The largest absolute Gasteiger partial charge is 0.436 e. The predicted molar refractivity (Wildman–Crippen MR) is 71.4 cm³/mol. The van der Waals surface area contributed by atoms with Crippen molar-refractivity contribution >= 4 is 27.5 Å². The van der Waals surface area contributed by atoms with Gasteiger partial charge in [-0.25, -0.2) is 4.98 Å². The Morgan fingerprint density at radius 2 is 2.18 bits per heavy atom. The molecule has 0 bridgehead atoms. The Bertz CT molecular complexity index is 534. The van der Waals surface area contributed by atoms with Gasteiger partial charge in [-0.05, 0) is 45.8 Å². The van der Waals surface area contributed by atoms with Crippen LogP contribution in [-0.2, 0) is 6.54 Å². The Hall–Kier alpha value is -1.10. The maximum Gasteiger partial charge on any atom is 0.233 e. The average Bonchev–Trinajstić information content (AvgIpc) is 2.34. The molecule has 0 spiro atoms. The van der Waals surface area contributed by atoms with Crippen molar-refractivity contribution < 1.29 is 4.74 Å². The number of benzene rings is 1. The van der Waals surface area contributed by atoms with Crippen LogP contribution in [0.5, 0.6) is 11.6 Å². The monoisotopic (exact) mass is 312 g/mol. The molecule has 0 aliphatic carbocycles. The second-order valence-corrected chi connectivity index (χ2v) is 4.62. The number of aromatic nitrogens is 1. The summed E-state index contributed by atoms with van der Waals surface area (Å²) < 4.78 is 6.39. The molecular formula is C12H10BrClN2O. The van der Waals surface area contributed by atoms with Crippen molar-refractivity contribution in [2.45, 2.75) is 6.54 Å². The molecule has 88 valence electrons. The van der Waals surface area contributed by atoms with Crippen LogP contribution in [-0.4, -0.2) is 4.98 Å². The molecule has 0 atom stereocenters. The highest BCUT2D eigenvalue weighted by Gasteiger charge is 2.07. The van der Waals surface area contributed by atoms with Gasteiger partial charge in [-0.3, -0.25) is 0 Å². The van der Waals surface area contributed by atoms with Crippen LogP contribution < -0.4 is 10.5 Å². The fourth-order valence-electron chi connectivity index (χ4n) is 1.30. The fraction of sp³-hybridized carbons (Fsp3) is 0.0833. The molecule has 0 saturated carbocycles. The van der Waals surface area contributed by atoms with Crippen molar-refractivity contribution in [3.63, 3.8) is 0 Å². The highest BCUT2D eigenvalue weighted by molar-refractivity contribution is 9.10. The first-order valence-electron chi connectivity index (χ1n) is 4.97. The van der Waals surface area contributed by atoms with E-state index in [0.717, 1.165) is 10.0 Å². The van der Waals surface area contributed by atoms with Gasteiger partial charge < -0.3 is 10.5 Å². The van der Waals surface area contributed by atoms with Gasteiger partial charge in [0, 0.05) is 12.7 Å². The number of pyridine rings is 1. The topological polar surface area (TPSA) is 48.1 Å². The van der Waals surface area contributed by atoms with E-state index < -0.39 is 0 Å². The molecule has 2 aromatic rings. The molecule has 2 rings (SSSR count). The fourth-order valence-corrected chi connectivity index (χ4v) is 1.88.